The summed E-state index contributed by atoms with van der Waals surface area (Å²) in [5.41, 5.74) is 0.764. The molecular formula is C13H10ClFO2. The Morgan fingerprint density at radius 1 is 1.18 bits per heavy atom. The van der Waals surface area contributed by atoms with Crippen LogP contribution in [0.15, 0.2) is 42.5 Å². The molecule has 0 spiro atoms. The zero-order valence-corrected chi connectivity index (χ0v) is 9.62. The Morgan fingerprint density at radius 3 is 2.71 bits per heavy atom. The van der Waals surface area contributed by atoms with Crippen molar-refractivity contribution < 1.29 is 14.2 Å². The van der Waals surface area contributed by atoms with Crippen molar-refractivity contribution in [2.24, 2.45) is 0 Å². The Balaban J connectivity index is 2.05. The molecule has 0 aliphatic rings. The lowest BCUT2D eigenvalue weighted by atomic mass is 10.2. The molecule has 2 nitrogen and oxygen atoms in total. The topological polar surface area (TPSA) is 29.5 Å². The predicted octanol–water partition coefficient (Wildman–Crippen LogP) is 3.76. The summed E-state index contributed by atoms with van der Waals surface area (Å²) in [5.74, 6) is 0.234. The third-order valence-corrected chi connectivity index (χ3v) is 2.50. The summed E-state index contributed by atoms with van der Waals surface area (Å²) >= 11 is 5.65. The number of ether oxygens (including phenoxy) is 1. The highest BCUT2D eigenvalue weighted by molar-refractivity contribution is 6.30. The zero-order valence-electron chi connectivity index (χ0n) is 8.86. The molecule has 0 saturated carbocycles. The monoisotopic (exact) mass is 252 g/mol. The lowest BCUT2D eigenvalue weighted by Crippen LogP contribution is -1.95. The van der Waals surface area contributed by atoms with E-state index < -0.39 is 5.82 Å². The van der Waals surface area contributed by atoms with E-state index in [1.165, 1.54) is 18.2 Å². The van der Waals surface area contributed by atoms with Gasteiger partial charge in [0.2, 0.25) is 0 Å². The average Bonchev–Trinajstić information content (AvgIpc) is 2.31. The van der Waals surface area contributed by atoms with Crippen LogP contribution in [0.5, 0.6) is 11.5 Å². The molecule has 0 aromatic heterocycles. The highest BCUT2D eigenvalue weighted by Crippen LogP contribution is 2.20. The third kappa shape index (κ3) is 3.11. The molecule has 0 aliphatic heterocycles. The van der Waals surface area contributed by atoms with Crippen LogP contribution < -0.4 is 4.74 Å². The van der Waals surface area contributed by atoms with Crippen LogP contribution in [0.25, 0.3) is 0 Å². The van der Waals surface area contributed by atoms with Crippen molar-refractivity contribution in [1.29, 1.82) is 0 Å². The Hall–Kier alpha value is -1.74. The summed E-state index contributed by atoms with van der Waals surface area (Å²) in [6.07, 6.45) is 0. The van der Waals surface area contributed by atoms with E-state index in [2.05, 4.69) is 0 Å². The number of aromatic hydroxyl groups is 1. The average molecular weight is 253 g/mol. The summed E-state index contributed by atoms with van der Waals surface area (Å²) in [4.78, 5) is 0. The number of hydrogen-bond acceptors (Lipinski definition) is 2. The molecule has 1 N–H and O–H groups in total. The van der Waals surface area contributed by atoms with Gasteiger partial charge in [-0.15, -0.1) is 0 Å². The summed E-state index contributed by atoms with van der Waals surface area (Å²) in [6, 6.07) is 10.9. The van der Waals surface area contributed by atoms with Gasteiger partial charge in [-0.25, -0.2) is 4.39 Å². The van der Waals surface area contributed by atoms with Gasteiger partial charge in [0.05, 0.1) is 5.02 Å². The highest BCUT2D eigenvalue weighted by atomic mass is 35.5. The van der Waals surface area contributed by atoms with E-state index in [4.69, 9.17) is 16.3 Å². The van der Waals surface area contributed by atoms with E-state index in [0.29, 0.717) is 5.75 Å². The van der Waals surface area contributed by atoms with E-state index in [9.17, 15) is 9.50 Å². The molecule has 2 aromatic carbocycles. The molecule has 0 aliphatic carbocycles. The van der Waals surface area contributed by atoms with Gasteiger partial charge >= 0.3 is 0 Å². The molecule has 0 fully saturated rings. The molecule has 0 radical (unpaired) electrons. The van der Waals surface area contributed by atoms with Crippen LogP contribution in [0.2, 0.25) is 5.02 Å². The van der Waals surface area contributed by atoms with Crippen molar-refractivity contribution in [1.82, 2.24) is 0 Å². The number of rotatable bonds is 3. The van der Waals surface area contributed by atoms with Crippen LogP contribution in [0.3, 0.4) is 0 Å². The summed E-state index contributed by atoms with van der Waals surface area (Å²) < 4.78 is 18.3. The maximum atomic E-state index is 12.9. The van der Waals surface area contributed by atoms with Gasteiger partial charge in [-0.1, -0.05) is 23.7 Å². The maximum Gasteiger partial charge on any atom is 0.141 e. The first-order valence-corrected chi connectivity index (χ1v) is 5.39. The van der Waals surface area contributed by atoms with Crippen LogP contribution in [-0.4, -0.2) is 5.11 Å². The SMILES string of the molecule is Oc1cccc(OCc2ccc(F)c(Cl)c2)c1. The van der Waals surface area contributed by atoms with Gasteiger partial charge in [0.15, 0.2) is 0 Å². The number of halogens is 2. The highest BCUT2D eigenvalue weighted by Gasteiger charge is 2.02. The second kappa shape index (κ2) is 5.06. The van der Waals surface area contributed by atoms with Gasteiger partial charge in [-0.3, -0.25) is 0 Å². The number of benzene rings is 2. The first kappa shape index (κ1) is 11.7. The maximum absolute atomic E-state index is 12.9. The van der Waals surface area contributed by atoms with Gasteiger partial charge in [0, 0.05) is 6.07 Å². The molecule has 0 amide bonds. The summed E-state index contributed by atoms with van der Waals surface area (Å²) in [7, 11) is 0. The van der Waals surface area contributed by atoms with Gasteiger partial charge in [0.25, 0.3) is 0 Å². The fourth-order valence-corrected chi connectivity index (χ4v) is 1.57. The quantitative estimate of drug-likeness (QED) is 0.901. The second-order valence-corrected chi connectivity index (χ2v) is 3.94. The number of phenols is 1. The smallest absolute Gasteiger partial charge is 0.141 e. The van der Waals surface area contributed by atoms with Crippen molar-refractivity contribution in [2.45, 2.75) is 6.61 Å². The van der Waals surface area contributed by atoms with Crippen LogP contribution in [0.4, 0.5) is 4.39 Å². The van der Waals surface area contributed by atoms with Gasteiger partial charge in [-0.2, -0.15) is 0 Å². The fourth-order valence-electron chi connectivity index (χ4n) is 1.37. The number of phenolic OH excluding ortho intramolecular Hbond substituents is 1. The van der Waals surface area contributed by atoms with E-state index in [0.717, 1.165) is 5.56 Å². The van der Waals surface area contributed by atoms with E-state index in [-0.39, 0.29) is 17.4 Å². The molecule has 88 valence electrons. The first-order chi connectivity index (χ1) is 8.15. The minimum atomic E-state index is -0.451. The van der Waals surface area contributed by atoms with Gasteiger partial charge in [-0.05, 0) is 29.8 Å². The summed E-state index contributed by atoms with van der Waals surface area (Å²) in [6.45, 7) is 0.267. The Morgan fingerprint density at radius 2 is 2.00 bits per heavy atom. The van der Waals surface area contributed by atoms with Crippen LogP contribution in [-0.2, 0) is 6.61 Å². The Bertz CT molecular complexity index is 529. The molecule has 0 bridgehead atoms. The molecule has 2 rings (SSSR count). The first-order valence-electron chi connectivity index (χ1n) is 5.01. The lowest BCUT2D eigenvalue weighted by molar-refractivity contribution is 0.304. The molecule has 4 heteroatoms. The van der Waals surface area contributed by atoms with Gasteiger partial charge in [0.1, 0.15) is 23.9 Å². The Kier molecular flexibility index (Phi) is 3.49. The number of hydrogen-bond donors (Lipinski definition) is 1. The standard InChI is InChI=1S/C13H10ClFO2/c14-12-6-9(4-5-13(12)15)8-17-11-3-1-2-10(16)7-11/h1-7,16H,8H2. The van der Waals surface area contributed by atoms with Crippen molar-refractivity contribution in [2.75, 3.05) is 0 Å². The largest absolute Gasteiger partial charge is 0.508 e. The lowest BCUT2D eigenvalue weighted by Gasteiger charge is -2.07. The molecule has 0 unspecified atom stereocenters. The van der Waals surface area contributed by atoms with Crippen molar-refractivity contribution >= 4 is 11.6 Å². The van der Waals surface area contributed by atoms with E-state index in [1.54, 1.807) is 24.3 Å². The molecule has 0 saturated heterocycles. The third-order valence-electron chi connectivity index (χ3n) is 2.21. The molecule has 0 atom stereocenters. The Labute approximate surface area is 103 Å². The predicted molar refractivity (Wildman–Crippen MR) is 63.8 cm³/mol. The zero-order chi connectivity index (χ0) is 12.3. The van der Waals surface area contributed by atoms with Crippen molar-refractivity contribution in [3.05, 3.63) is 58.9 Å². The fraction of sp³-hybridized carbons (Fsp3) is 0.0769. The van der Waals surface area contributed by atoms with Crippen LogP contribution in [0.1, 0.15) is 5.56 Å². The van der Waals surface area contributed by atoms with Crippen LogP contribution >= 0.6 is 11.6 Å². The molecular weight excluding hydrogens is 243 g/mol. The minimum Gasteiger partial charge on any atom is -0.508 e. The van der Waals surface area contributed by atoms with Crippen molar-refractivity contribution in [3.8, 4) is 11.5 Å². The van der Waals surface area contributed by atoms with E-state index >= 15 is 0 Å². The normalized spacial score (nSPS) is 10.2. The van der Waals surface area contributed by atoms with Crippen LogP contribution in [0, 0.1) is 5.82 Å². The molecule has 0 heterocycles. The second-order valence-electron chi connectivity index (χ2n) is 3.53. The molecule has 2 aromatic rings. The van der Waals surface area contributed by atoms with Crippen molar-refractivity contribution in [3.63, 3.8) is 0 Å². The minimum absolute atomic E-state index is 0.0713. The molecule has 17 heavy (non-hydrogen) atoms. The van der Waals surface area contributed by atoms with Gasteiger partial charge < -0.3 is 9.84 Å². The summed E-state index contributed by atoms with van der Waals surface area (Å²) in [5, 5.41) is 9.31. The van der Waals surface area contributed by atoms with E-state index in [1.807, 2.05) is 0 Å².